The van der Waals surface area contributed by atoms with Gasteiger partial charge < -0.3 is 20.3 Å². The zero-order valence-electron chi connectivity index (χ0n) is 23.7. The third kappa shape index (κ3) is 9.22. The molecule has 3 amide bonds. The number of rotatable bonds is 10. The SMILES string of the molecule is C#Cc1ccc(C(C(=O)NC(C)C)N(C(=O)C(CC(C)C)NC(=O)OC(C)(C)C)C(C)(C)CC)cc1. The number of carbonyl (C=O) groups is 3. The molecule has 0 fully saturated rings. The number of hydrogen-bond acceptors (Lipinski definition) is 4. The van der Waals surface area contributed by atoms with Crippen LogP contribution in [0.3, 0.4) is 0 Å². The van der Waals surface area contributed by atoms with E-state index >= 15 is 0 Å². The smallest absolute Gasteiger partial charge is 0.408 e. The van der Waals surface area contributed by atoms with E-state index in [1.165, 1.54) is 0 Å². The van der Waals surface area contributed by atoms with E-state index in [2.05, 4.69) is 16.6 Å². The van der Waals surface area contributed by atoms with Gasteiger partial charge in [0.25, 0.3) is 0 Å². The van der Waals surface area contributed by atoms with Crippen LogP contribution in [0.5, 0.6) is 0 Å². The Morgan fingerprint density at radius 1 is 1.00 bits per heavy atom. The molecule has 200 valence electrons. The highest BCUT2D eigenvalue weighted by Gasteiger charge is 2.43. The number of terminal acetylenes is 1. The molecule has 1 aromatic carbocycles. The number of carbonyl (C=O) groups excluding carboxylic acids is 3. The number of hydrogen-bond donors (Lipinski definition) is 2. The summed E-state index contributed by atoms with van der Waals surface area (Å²) >= 11 is 0. The summed E-state index contributed by atoms with van der Waals surface area (Å²) in [4.78, 5) is 42.2. The molecule has 1 rings (SSSR count). The third-order valence-electron chi connectivity index (χ3n) is 5.78. The van der Waals surface area contributed by atoms with Gasteiger partial charge in [0.15, 0.2) is 0 Å². The molecule has 0 aliphatic carbocycles. The lowest BCUT2D eigenvalue weighted by atomic mass is 9.90. The molecule has 0 heterocycles. The Balaban J connectivity index is 3.65. The van der Waals surface area contributed by atoms with Gasteiger partial charge in [-0.05, 0) is 84.9 Å². The predicted molar refractivity (Wildman–Crippen MR) is 144 cm³/mol. The minimum absolute atomic E-state index is 0.110. The van der Waals surface area contributed by atoms with Gasteiger partial charge in [0, 0.05) is 17.1 Å². The van der Waals surface area contributed by atoms with Gasteiger partial charge >= 0.3 is 6.09 Å². The van der Waals surface area contributed by atoms with Crippen LogP contribution in [0, 0.1) is 18.3 Å². The molecule has 0 spiro atoms. The van der Waals surface area contributed by atoms with E-state index in [0.29, 0.717) is 24.0 Å². The largest absolute Gasteiger partial charge is 0.444 e. The molecule has 0 radical (unpaired) electrons. The van der Waals surface area contributed by atoms with E-state index in [1.54, 1.807) is 49.9 Å². The zero-order valence-corrected chi connectivity index (χ0v) is 23.7. The predicted octanol–water partition coefficient (Wildman–Crippen LogP) is 5.19. The van der Waals surface area contributed by atoms with Crippen LogP contribution in [0.15, 0.2) is 24.3 Å². The Kier molecular flexibility index (Phi) is 11.0. The highest BCUT2D eigenvalue weighted by atomic mass is 16.6. The average molecular weight is 500 g/mol. The van der Waals surface area contributed by atoms with E-state index in [-0.39, 0.29) is 23.8 Å². The van der Waals surface area contributed by atoms with E-state index < -0.39 is 29.3 Å². The van der Waals surface area contributed by atoms with Gasteiger partial charge in [0.2, 0.25) is 11.8 Å². The minimum Gasteiger partial charge on any atom is -0.444 e. The quantitative estimate of drug-likeness (QED) is 0.434. The first-order valence-corrected chi connectivity index (χ1v) is 12.7. The summed E-state index contributed by atoms with van der Waals surface area (Å²) in [6, 6.07) is 5.17. The van der Waals surface area contributed by atoms with Crippen LogP contribution in [0.25, 0.3) is 0 Å². The van der Waals surface area contributed by atoms with Crippen LogP contribution in [-0.2, 0) is 14.3 Å². The summed E-state index contributed by atoms with van der Waals surface area (Å²) in [5.41, 5.74) is -0.0940. The standard InChI is InChI=1S/C29H45N3O4/c1-12-21-14-16-22(17-15-21)24(25(33)30-20(5)6)32(29(10,11)13-2)26(34)23(18-19(3)4)31-27(35)36-28(7,8)9/h1,14-17,19-20,23-24H,13,18H2,2-11H3,(H,30,33)(H,31,35). The van der Waals surface area contributed by atoms with Crippen molar-refractivity contribution in [2.24, 2.45) is 5.92 Å². The molecule has 36 heavy (non-hydrogen) atoms. The second-order valence-electron chi connectivity index (χ2n) is 11.5. The average Bonchev–Trinajstić information content (AvgIpc) is 2.74. The van der Waals surface area contributed by atoms with Crippen molar-refractivity contribution in [1.82, 2.24) is 15.5 Å². The molecular formula is C29H45N3O4. The molecule has 0 saturated heterocycles. The molecule has 0 bridgehead atoms. The maximum Gasteiger partial charge on any atom is 0.408 e. The van der Waals surface area contributed by atoms with Gasteiger partial charge in [-0.1, -0.05) is 38.8 Å². The zero-order chi connectivity index (χ0) is 27.8. The van der Waals surface area contributed by atoms with Crippen molar-refractivity contribution < 1.29 is 19.1 Å². The van der Waals surface area contributed by atoms with Crippen molar-refractivity contribution >= 4 is 17.9 Å². The summed E-state index contributed by atoms with van der Waals surface area (Å²) in [6.45, 7) is 18.8. The van der Waals surface area contributed by atoms with Gasteiger partial charge in [-0.25, -0.2) is 4.79 Å². The first-order chi connectivity index (χ1) is 16.5. The summed E-state index contributed by atoms with van der Waals surface area (Å²) < 4.78 is 5.44. The van der Waals surface area contributed by atoms with Crippen LogP contribution in [0.2, 0.25) is 0 Å². The van der Waals surface area contributed by atoms with E-state index in [9.17, 15) is 14.4 Å². The summed E-state index contributed by atoms with van der Waals surface area (Å²) in [6.07, 6.45) is 5.84. The molecular weight excluding hydrogens is 454 g/mol. The van der Waals surface area contributed by atoms with Crippen molar-refractivity contribution in [2.45, 2.75) is 111 Å². The number of amides is 3. The monoisotopic (exact) mass is 499 g/mol. The van der Waals surface area contributed by atoms with Gasteiger partial charge in [-0.15, -0.1) is 6.42 Å². The lowest BCUT2D eigenvalue weighted by Crippen LogP contribution is -2.59. The fourth-order valence-electron chi connectivity index (χ4n) is 3.80. The molecule has 2 unspecified atom stereocenters. The van der Waals surface area contributed by atoms with Gasteiger partial charge in [-0.2, -0.15) is 0 Å². The number of alkyl carbamates (subject to hydrolysis) is 1. The summed E-state index contributed by atoms with van der Waals surface area (Å²) in [5.74, 6) is 2.06. The number of nitrogens with zero attached hydrogens (tertiary/aromatic N) is 1. The molecule has 7 heteroatoms. The van der Waals surface area contributed by atoms with Crippen LogP contribution in [0.4, 0.5) is 4.79 Å². The van der Waals surface area contributed by atoms with E-state index in [4.69, 9.17) is 11.2 Å². The van der Waals surface area contributed by atoms with Crippen LogP contribution < -0.4 is 10.6 Å². The van der Waals surface area contributed by atoms with E-state index in [1.807, 2.05) is 48.5 Å². The highest BCUT2D eigenvalue weighted by molar-refractivity contribution is 5.92. The highest BCUT2D eigenvalue weighted by Crippen LogP contribution is 2.33. The molecule has 7 nitrogen and oxygen atoms in total. The molecule has 2 N–H and O–H groups in total. The molecule has 0 saturated carbocycles. The van der Waals surface area contributed by atoms with Gasteiger partial charge in [-0.3, -0.25) is 9.59 Å². The van der Waals surface area contributed by atoms with Crippen molar-refractivity contribution in [1.29, 1.82) is 0 Å². The molecule has 0 aliphatic heterocycles. The van der Waals surface area contributed by atoms with E-state index in [0.717, 1.165) is 0 Å². The topological polar surface area (TPSA) is 87.7 Å². The van der Waals surface area contributed by atoms with Crippen molar-refractivity contribution in [2.75, 3.05) is 0 Å². The normalized spacial score (nSPS) is 13.5. The minimum atomic E-state index is -0.920. The maximum atomic E-state index is 14.3. The first-order valence-electron chi connectivity index (χ1n) is 12.7. The number of ether oxygens (including phenoxy) is 1. The second kappa shape index (κ2) is 12.8. The summed E-state index contributed by atoms with van der Waals surface area (Å²) in [5, 5.41) is 5.74. The molecule has 2 atom stereocenters. The fourth-order valence-corrected chi connectivity index (χ4v) is 3.80. The first kappa shape index (κ1) is 31.0. The summed E-state index contributed by atoms with van der Waals surface area (Å²) in [7, 11) is 0. The van der Waals surface area contributed by atoms with Gasteiger partial charge in [0.05, 0.1) is 0 Å². The van der Waals surface area contributed by atoms with Crippen LogP contribution >= 0.6 is 0 Å². The Bertz CT molecular complexity index is 937. The van der Waals surface area contributed by atoms with Crippen LogP contribution in [-0.4, -0.2) is 46.0 Å². The molecule has 0 aliphatic rings. The molecule has 1 aromatic rings. The number of nitrogens with one attached hydrogen (secondary N) is 2. The second-order valence-corrected chi connectivity index (χ2v) is 11.5. The lowest BCUT2D eigenvalue weighted by Gasteiger charge is -2.45. The van der Waals surface area contributed by atoms with Gasteiger partial charge in [0.1, 0.15) is 17.7 Å². The Morgan fingerprint density at radius 2 is 1.56 bits per heavy atom. The van der Waals surface area contributed by atoms with Crippen LogP contribution in [0.1, 0.15) is 99.2 Å². The Morgan fingerprint density at radius 3 is 1.97 bits per heavy atom. The lowest BCUT2D eigenvalue weighted by molar-refractivity contribution is -0.149. The maximum absolute atomic E-state index is 14.3. The fraction of sp³-hybridized carbons (Fsp3) is 0.621. The molecule has 0 aromatic heterocycles. The van der Waals surface area contributed by atoms with Crippen molar-refractivity contribution in [3.05, 3.63) is 35.4 Å². The third-order valence-corrected chi connectivity index (χ3v) is 5.78. The van der Waals surface area contributed by atoms with Crippen molar-refractivity contribution in [3.63, 3.8) is 0 Å². The Labute approximate surface area is 217 Å². The van der Waals surface area contributed by atoms with Crippen molar-refractivity contribution in [3.8, 4) is 12.3 Å². The Hall–Kier alpha value is -3.01. The number of benzene rings is 1.